The van der Waals surface area contributed by atoms with Crippen LogP contribution in [0.2, 0.25) is 5.02 Å². The van der Waals surface area contributed by atoms with Gasteiger partial charge in [-0.2, -0.15) is 0 Å². The number of halogens is 1. The van der Waals surface area contributed by atoms with E-state index in [1.54, 1.807) is 31.3 Å². The van der Waals surface area contributed by atoms with E-state index in [9.17, 15) is 8.42 Å². The van der Waals surface area contributed by atoms with Crippen LogP contribution in [0.15, 0.2) is 47.6 Å². The Bertz CT molecular complexity index is 1050. The maximum Gasteiger partial charge on any atom is 0.242 e. The molecule has 2 aromatic heterocycles. The third-order valence-electron chi connectivity index (χ3n) is 3.75. The van der Waals surface area contributed by atoms with Crippen molar-refractivity contribution in [1.82, 2.24) is 24.2 Å². The first-order valence-electron chi connectivity index (χ1n) is 8.21. The summed E-state index contributed by atoms with van der Waals surface area (Å²) in [5, 5.41) is 3.29. The largest absolute Gasteiger partial charge is 0.369 e. The molecule has 142 valence electrons. The molecular weight excluding hydrogens is 388 g/mol. The molecule has 0 unspecified atom stereocenters. The molecule has 0 fully saturated rings. The number of benzene rings is 1. The minimum atomic E-state index is -3.67. The SMILES string of the molecule is Cc1nc(NCCNS(=O)(=O)c2ccccc2Cl)cc(-n2ccnc2C)n1. The molecule has 2 N–H and O–H groups in total. The number of nitrogens with one attached hydrogen (secondary N) is 2. The summed E-state index contributed by atoms with van der Waals surface area (Å²) in [6.45, 7) is 4.20. The number of aromatic nitrogens is 4. The van der Waals surface area contributed by atoms with Crippen molar-refractivity contribution in [3.05, 3.63) is 59.4 Å². The van der Waals surface area contributed by atoms with Crippen LogP contribution in [-0.4, -0.2) is 41.0 Å². The van der Waals surface area contributed by atoms with Crippen molar-refractivity contribution >= 4 is 27.4 Å². The van der Waals surface area contributed by atoms with E-state index in [-0.39, 0.29) is 16.5 Å². The Morgan fingerprint density at radius 1 is 1.15 bits per heavy atom. The second kappa shape index (κ2) is 8.03. The number of anilines is 1. The van der Waals surface area contributed by atoms with Crippen LogP contribution < -0.4 is 10.0 Å². The quantitative estimate of drug-likeness (QED) is 0.584. The smallest absolute Gasteiger partial charge is 0.242 e. The summed E-state index contributed by atoms with van der Waals surface area (Å²) in [5.41, 5.74) is 0. The van der Waals surface area contributed by atoms with Crippen molar-refractivity contribution < 1.29 is 8.42 Å². The van der Waals surface area contributed by atoms with Crippen molar-refractivity contribution in [3.8, 4) is 5.82 Å². The maximum absolute atomic E-state index is 12.3. The third kappa shape index (κ3) is 4.62. The number of rotatable bonds is 7. The highest BCUT2D eigenvalue weighted by molar-refractivity contribution is 7.89. The molecular formula is C17H19ClN6O2S. The van der Waals surface area contributed by atoms with Crippen LogP contribution in [0.5, 0.6) is 0 Å². The van der Waals surface area contributed by atoms with Crippen LogP contribution in [0.4, 0.5) is 5.82 Å². The highest BCUT2D eigenvalue weighted by Crippen LogP contribution is 2.20. The van der Waals surface area contributed by atoms with Crippen LogP contribution in [-0.2, 0) is 10.0 Å². The summed E-state index contributed by atoms with van der Waals surface area (Å²) >= 11 is 5.95. The van der Waals surface area contributed by atoms with Gasteiger partial charge in [0.25, 0.3) is 0 Å². The Labute approximate surface area is 162 Å². The molecule has 2 heterocycles. The second-order valence-electron chi connectivity index (χ2n) is 5.76. The predicted molar refractivity (Wildman–Crippen MR) is 104 cm³/mol. The predicted octanol–water partition coefficient (Wildman–Crippen LogP) is 2.32. The number of imidazole rings is 1. The summed E-state index contributed by atoms with van der Waals surface area (Å²) in [6, 6.07) is 8.09. The maximum atomic E-state index is 12.3. The number of sulfonamides is 1. The van der Waals surface area contributed by atoms with Gasteiger partial charge in [0.2, 0.25) is 10.0 Å². The monoisotopic (exact) mass is 406 g/mol. The van der Waals surface area contributed by atoms with E-state index in [4.69, 9.17) is 11.6 Å². The number of nitrogens with zero attached hydrogens (tertiary/aromatic N) is 4. The van der Waals surface area contributed by atoms with Gasteiger partial charge < -0.3 is 5.32 Å². The molecule has 0 aliphatic carbocycles. The van der Waals surface area contributed by atoms with Gasteiger partial charge in [-0.1, -0.05) is 23.7 Å². The standard InChI is InChI=1S/C17H19ClN6O2S/c1-12-22-16(11-17(23-12)24-10-9-19-13(24)2)20-7-8-21-27(25,26)15-6-4-3-5-14(15)18/h3-6,9-11,21H,7-8H2,1-2H3,(H,20,22,23). The molecule has 0 radical (unpaired) electrons. The highest BCUT2D eigenvalue weighted by atomic mass is 35.5. The van der Waals surface area contributed by atoms with E-state index in [0.29, 0.717) is 24.0 Å². The van der Waals surface area contributed by atoms with Crippen LogP contribution in [0.1, 0.15) is 11.6 Å². The van der Waals surface area contributed by atoms with E-state index < -0.39 is 10.0 Å². The molecule has 0 saturated carbocycles. The molecule has 0 bridgehead atoms. The minimum absolute atomic E-state index is 0.0578. The van der Waals surface area contributed by atoms with Gasteiger partial charge in [-0.05, 0) is 26.0 Å². The first kappa shape index (κ1) is 19.3. The Kier molecular flexibility index (Phi) is 5.73. The van der Waals surface area contributed by atoms with E-state index in [1.165, 1.54) is 12.1 Å². The van der Waals surface area contributed by atoms with Crippen molar-refractivity contribution in [2.45, 2.75) is 18.7 Å². The van der Waals surface area contributed by atoms with Gasteiger partial charge in [-0.3, -0.25) is 4.57 Å². The van der Waals surface area contributed by atoms with Gasteiger partial charge in [0, 0.05) is 31.5 Å². The lowest BCUT2D eigenvalue weighted by molar-refractivity contribution is 0.583. The van der Waals surface area contributed by atoms with Crippen molar-refractivity contribution in [3.63, 3.8) is 0 Å². The second-order valence-corrected chi connectivity index (χ2v) is 7.90. The van der Waals surface area contributed by atoms with Gasteiger partial charge in [-0.25, -0.2) is 28.1 Å². The van der Waals surface area contributed by atoms with Crippen molar-refractivity contribution in [2.75, 3.05) is 18.4 Å². The molecule has 3 rings (SSSR count). The molecule has 8 nitrogen and oxygen atoms in total. The normalized spacial score (nSPS) is 11.5. The molecule has 0 spiro atoms. The number of aryl methyl sites for hydroxylation is 2. The summed E-state index contributed by atoms with van der Waals surface area (Å²) in [5.74, 6) is 2.70. The molecule has 10 heteroatoms. The molecule has 27 heavy (non-hydrogen) atoms. The molecule has 0 aliphatic rings. The average Bonchev–Trinajstić information content (AvgIpc) is 3.04. The van der Waals surface area contributed by atoms with Crippen LogP contribution in [0.3, 0.4) is 0 Å². The summed E-state index contributed by atoms with van der Waals surface area (Å²) in [4.78, 5) is 13.0. The lowest BCUT2D eigenvalue weighted by Crippen LogP contribution is -2.29. The zero-order valence-electron chi connectivity index (χ0n) is 14.8. The zero-order valence-corrected chi connectivity index (χ0v) is 16.4. The van der Waals surface area contributed by atoms with Gasteiger partial charge in [0.1, 0.15) is 28.2 Å². The summed E-state index contributed by atoms with van der Waals surface area (Å²) in [6.07, 6.45) is 3.52. The molecule has 0 atom stereocenters. The fourth-order valence-corrected chi connectivity index (χ4v) is 4.05. The highest BCUT2D eigenvalue weighted by Gasteiger charge is 2.16. The third-order valence-corrected chi connectivity index (χ3v) is 5.71. The van der Waals surface area contributed by atoms with Gasteiger partial charge >= 0.3 is 0 Å². The average molecular weight is 407 g/mol. The first-order chi connectivity index (χ1) is 12.9. The fraction of sp³-hybridized carbons (Fsp3) is 0.235. The minimum Gasteiger partial charge on any atom is -0.369 e. The van der Waals surface area contributed by atoms with E-state index >= 15 is 0 Å². The zero-order chi connectivity index (χ0) is 19.4. The number of hydrogen-bond donors (Lipinski definition) is 2. The lowest BCUT2D eigenvalue weighted by Gasteiger charge is -2.11. The lowest BCUT2D eigenvalue weighted by atomic mass is 10.4. The molecule has 0 aliphatic heterocycles. The Hall–Kier alpha value is -2.49. The molecule has 3 aromatic rings. The van der Waals surface area contributed by atoms with Crippen molar-refractivity contribution in [1.29, 1.82) is 0 Å². The van der Waals surface area contributed by atoms with Crippen molar-refractivity contribution in [2.24, 2.45) is 0 Å². The topological polar surface area (TPSA) is 102 Å². The summed E-state index contributed by atoms with van der Waals surface area (Å²) < 4.78 is 29.0. The van der Waals surface area contributed by atoms with Crippen LogP contribution >= 0.6 is 11.6 Å². The molecule has 0 amide bonds. The molecule has 0 saturated heterocycles. The van der Waals surface area contributed by atoms with Crippen LogP contribution in [0, 0.1) is 13.8 Å². The first-order valence-corrected chi connectivity index (χ1v) is 10.1. The van der Waals surface area contributed by atoms with Gasteiger partial charge in [-0.15, -0.1) is 0 Å². The van der Waals surface area contributed by atoms with Gasteiger partial charge in [0.15, 0.2) is 0 Å². The Balaban J connectivity index is 1.64. The van der Waals surface area contributed by atoms with E-state index in [1.807, 2.05) is 17.7 Å². The van der Waals surface area contributed by atoms with E-state index in [2.05, 4.69) is 25.0 Å². The Morgan fingerprint density at radius 3 is 2.63 bits per heavy atom. The Morgan fingerprint density at radius 2 is 1.93 bits per heavy atom. The summed E-state index contributed by atoms with van der Waals surface area (Å²) in [7, 11) is -3.67. The number of hydrogen-bond acceptors (Lipinski definition) is 6. The van der Waals surface area contributed by atoms with Gasteiger partial charge in [0.05, 0.1) is 5.02 Å². The van der Waals surface area contributed by atoms with E-state index in [0.717, 1.165) is 5.82 Å². The fourth-order valence-electron chi connectivity index (χ4n) is 2.50. The van der Waals surface area contributed by atoms with Crippen LogP contribution in [0.25, 0.3) is 5.82 Å². The molecule has 1 aromatic carbocycles.